The van der Waals surface area contributed by atoms with Gasteiger partial charge in [-0.2, -0.15) is 0 Å². The zero-order valence-corrected chi connectivity index (χ0v) is 11.8. The van der Waals surface area contributed by atoms with E-state index in [1.54, 1.807) is 12.1 Å². The molecule has 0 saturated heterocycles. The number of aliphatic hydroxyl groups is 1. The lowest BCUT2D eigenvalue weighted by atomic mass is 10.2. The zero-order valence-electron chi connectivity index (χ0n) is 11.8. The monoisotopic (exact) mass is 297 g/mol. The van der Waals surface area contributed by atoms with E-state index in [1.807, 2.05) is 28.8 Å². The first-order valence-electron chi connectivity index (χ1n) is 7.01. The van der Waals surface area contributed by atoms with Crippen LogP contribution in [0.15, 0.2) is 48.5 Å². The summed E-state index contributed by atoms with van der Waals surface area (Å²) in [6, 6.07) is 14.1. The minimum atomic E-state index is -0.418. The van der Waals surface area contributed by atoms with Crippen LogP contribution in [0.2, 0.25) is 0 Å². The number of rotatable bonds is 5. The minimum Gasteiger partial charge on any atom is -0.396 e. The third kappa shape index (κ3) is 2.56. The van der Waals surface area contributed by atoms with E-state index in [4.69, 9.17) is 5.11 Å². The highest BCUT2D eigenvalue weighted by atomic mass is 16.6. The molecule has 0 bridgehead atoms. The maximum Gasteiger partial charge on any atom is 0.269 e. The Labute approximate surface area is 126 Å². The van der Waals surface area contributed by atoms with Gasteiger partial charge in [0.2, 0.25) is 0 Å². The van der Waals surface area contributed by atoms with Gasteiger partial charge in [-0.15, -0.1) is 0 Å². The van der Waals surface area contributed by atoms with Crippen molar-refractivity contribution in [2.75, 3.05) is 6.61 Å². The van der Waals surface area contributed by atoms with Crippen molar-refractivity contribution >= 4 is 16.7 Å². The number of aromatic nitrogens is 2. The van der Waals surface area contributed by atoms with Crippen LogP contribution in [0.1, 0.15) is 6.42 Å². The molecule has 6 heteroatoms. The molecule has 0 fully saturated rings. The van der Waals surface area contributed by atoms with Crippen molar-refractivity contribution in [1.82, 2.24) is 9.55 Å². The molecule has 2 aromatic carbocycles. The fraction of sp³-hybridized carbons (Fsp3) is 0.188. The maximum absolute atomic E-state index is 10.8. The normalized spacial score (nSPS) is 11.0. The molecule has 1 heterocycles. The Bertz CT molecular complexity index is 809. The highest BCUT2D eigenvalue weighted by Gasteiger charge is 2.13. The summed E-state index contributed by atoms with van der Waals surface area (Å²) < 4.78 is 2.03. The van der Waals surface area contributed by atoms with Crippen LogP contribution in [-0.2, 0) is 6.54 Å². The Kier molecular flexibility index (Phi) is 3.84. The standard InChI is InChI=1S/C16H15N3O3/c20-11-3-10-18-15-5-2-1-4-14(15)17-16(18)12-6-8-13(9-7-12)19(21)22/h1-2,4-9,20H,3,10-11H2. The van der Waals surface area contributed by atoms with Crippen molar-refractivity contribution < 1.29 is 10.0 Å². The van der Waals surface area contributed by atoms with E-state index in [2.05, 4.69) is 4.98 Å². The minimum absolute atomic E-state index is 0.0572. The van der Waals surface area contributed by atoms with E-state index in [-0.39, 0.29) is 12.3 Å². The van der Waals surface area contributed by atoms with Crippen LogP contribution >= 0.6 is 0 Å². The van der Waals surface area contributed by atoms with Crippen molar-refractivity contribution in [1.29, 1.82) is 0 Å². The SMILES string of the molecule is O=[N+]([O-])c1ccc(-c2nc3ccccc3n2CCCO)cc1. The molecular formula is C16H15N3O3. The van der Waals surface area contributed by atoms with Crippen LogP contribution in [0.4, 0.5) is 5.69 Å². The van der Waals surface area contributed by atoms with Gasteiger partial charge < -0.3 is 9.67 Å². The number of fused-ring (bicyclic) bond motifs is 1. The fourth-order valence-electron chi connectivity index (χ4n) is 2.48. The lowest BCUT2D eigenvalue weighted by Gasteiger charge is -2.08. The van der Waals surface area contributed by atoms with Gasteiger partial charge in [-0.25, -0.2) is 4.98 Å². The van der Waals surface area contributed by atoms with Crippen LogP contribution in [-0.4, -0.2) is 26.2 Å². The van der Waals surface area contributed by atoms with E-state index in [9.17, 15) is 10.1 Å². The molecule has 1 aromatic heterocycles. The molecule has 0 atom stereocenters. The molecule has 3 rings (SSSR count). The summed E-state index contributed by atoms with van der Waals surface area (Å²) in [5.74, 6) is 0.754. The molecule has 22 heavy (non-hydrogen) atoms. The van der Waals surface area contributed by atoms with Crippen LogP contribution in [0.5, 0.6) is 0 Å². The first kappa shape index (κ1) is 14.2. The summed E-state index contributed by atoms with van der Waals surface area (Å²) in [5.41, 5.74) is 2.74. The Morgan fingerprint density at radius 3 is 2.55 bits per heavy atom. The second kappa shape index (κ2) is 5.95. The van der Waals surface area contributed by atoms with Gasteiger partial charge in [0.25, 0.3) is 5.69 Å². The molecule has 0 radical (unpaired) electrons. The Hall–Kier alpha value is -2.73. The quantitative estimate of drug-likeness (QED) is 0.580. The fourth-order valence-corrected chi connectivity index (χ4v) is 2.48. The molecule has 0 aliphatic heterocycles. The average molecular weight is 297 g/mol. The van der Waals surface area contributed by atoms with E-state index in [1.165, 1.54) is 12.1 Å². The van der Waals surface area contributed by atoms with Gasteiger partial charge in [0.15, 0.2) is 0 Å². The highest BCUT2D eigenvalue weighted by Crippen LogP contribution is 2.26. The first-order chi connectivity index (χ1) is 10.7. The third-order valence-corrected chi connectivity index (χ3v) is 3.53. The number of aryl methyl sites for hydroxylation is 1. The van der Waals surface area contributed by atoms with Crippen molar-refractivity contribution in [3.05, 3.63) is 58.6 Å². The predicted octanol–water partition coefficient (Wildman–Crippen LogP) is 2.99. The number of hydrogen-bond acceptors (Lipinski definition) is 4. The predicted molar refractivity (Wildman–Crippen MR) is 83.5 cm³/mol. The van der Waals surface area contributed by atoms with Gasteiger partial charge in [0, 0.05) is 30.8 Å². The lowest BCUT2D eigenvalue weighted by molar-refractivity contribution is -0.384. The second-order valence-electron chi connectivity index (χ2n) is 4.96. The topological polar surface area (TPSA) is 81.2 Å². The molecule has 1 N–H and O–H groups in total. The molecule has 0 unspecified atom stereocenters. The molecule has 0 spiro atoms. The van der Waals surface area contributed by atoms with Gasteiger partial charge >= 0.3 is 0 Å². The number of non-ortho nitro benzene ring substituents is 1. The van der Waals surface area contributed by atoms with Crippen molar-refractivity contribution in [2.24, 2.45) is 0 Å². The van der Waals surface area contributed by atoms with E-state index >= 15 is 0 Å². The summed E-state index contributed by atoms with van der Waals surface area (Å²) in [7, 11) is 0. The van der Waals surface area contributed by atoms with Crippen LogP contribution in [0.3, 0.4) is 0 Å². The van der Waals surface area contributed by atoms with Gasteiger partial charge in [-0.1, -0.05) is 12.1 Å². The molecule has 0 aliphatic carbocycles. The largest absolute Gasteiger partial charge is 0.396 e. The molecule has 0 saturated carbocycles. The second-order valence-corrected chi connectivity index (χ2v) is 4.96. The van der Waals surface area contributed by atoms with Crippen LogP contribution in [0, 0.1) is 10.1 Å². The molecule has 6 nitrogen and oxygen atoms in total. The number of nitro groups is 1. The number of hydrogen-bond donors (Lipinski definition) is 1. The lowest BCUT2D eigenvalue weighted by Crippen LogP contribution is -2.02. The summed E-state index contributed by atoms with van der Waals surface area (Å²) in [4.78, 5) is 15.0. The highest BCUT2D eigenvalue weighted by molar-refractivity contribution is 5.80. The zero-order chi connectivity index (χ0) is 15.5. The van der Waals surface area contributed by atoms with E-state index in [0.717, 1.165) is 22.4 Å². The van der Waals surface area contributed by atoms with Crippen LogP contribution < -0.4 is 0 Å². The Balaban J connectivity index is 2.10. The van der Waals surface area contributed by atoms with Gasteiger partial charge in [0.05, 0.1) is 16.0 Å². The van der Waals surface area contributed by atoms with Crippen molar-refractivity contribution in [3.63, 3.8) is 0 Å². The Morgan fingerprint density at radius 1 is 1.14 bits per heavy atom. The number of imidazole rings is 1. The number of nitrogens with zero attached hydrogens (tertiary/aromatic N) is 3. The number of aliphatic hydroxyl groups excluding tert-OH is 1. The molecule has 0 aliphatic rings. The number of para-hydroxylation sites is 2. The Morgan fingerprint density at radius 2 is 1.86 bits per heavy atom. The van der Waals surface area contributed by atoms with E-state index in [0.29, 0.717) is 13.0 Å². The smallest absolute Gasteiger partial charge is 0.269 e. The third-order valence-electron chi connectivity index (χ3n) is 3.53. The molecule has 112 valence electrons. The summed E-state index contributed by atoms with van der Waals surface area (Å²) in [6.07, 6.45) is 0.625. The summed E-state index contributed by atoms with van der Waals surface area (Å²) in [5, 5.41) is 19.8. The first-order valence-corrected chi connectivity index (χ1v) is 7.01. The molecule has 3 aromatic rings. The van der Waals surface area contributed by atoms with Gasteiger partial charge in [0.1, 0.15) is 5.82 Å². The van der Waals surface area contributed by atoms with Crippen molar-refractivity contribution in [2.45, 2.75) is 13.0 Å². The van der Waals surface area contributed by atoms with E-state index < -0.39 is 4.92 Å². The summed E-state index contributed by atoms with van der Waals surface area (Å²) in [6.45, 7) is 0.746. The summed E-state index contributed by atoms with van der Waals surface area (Å²) >= 11 is 0. The molecule has 0 amide bonds. The molecular weight excluding hydrogens is 282 g/mol. The maximum atomic E-state index is 10.8. The number of nitro benzene ring substituents is 1. The van der Waals surface area contributed by atoms with Gasteiger partial charge in [-0.05, 0) is 30.7 Å². The van der Waals surface area contributed by atoms with Crippen molar-refractivity contribution in [3.8, 4) is 11.4 Å². The van der Waals surface area contributed by atoms with Gasteiger partial charge in [-0.3, -0.25) is 10.1 Å². The van der Waals surface area contributed by atoms with Crippen LogP contribution in [0.25, 0.3) is 22.4 Å². The average Bonchev–Trinajstić information content (AvgIpc) is 2.91. The number of benzene rings is 2.